The van der Waals surface area contributed by atoms with E-state index in [1.807, 2.05) is 17.5 Å². The first kappa shape index (κ1) is 29.1. The number of halogens is 1. The van der Waals surface area contributed by atoms with Crippen LogP contribution in [0.5, 0.6) is 0 Å². The van der Waals surface area contributed by atoms with Gasteiger partial charge in [0.2, 0.25) is 10.9 Å². The van der Waals surface area contributed by atoms with E-state index in [0.29, 0.717) is 41.1 Å². The molecule has 2 bridgehead atoms. The fraction of sp³-hybridized carbons (Fsp3) is 0.567. The number of hydrogen-bond acceptors (Lipinski definition) is 8. The number of aromatic nitrogens is 1. The highest BCUT2D eigenvalue weighted by Gasteiger charge is 2.46. The van der Waals surface area contributed by atoms with Crippen LogP contribution < -0.4 is 0 Å². The van der Waals surface area contributed by atoms with E-state index in [0.717, 1.165) is 44.4 Å². The molecule has 6 rings (SSSR count). The van der Waals surface area contributed by atoms with E-state index in [1.165, 1.54) is 30.6 Å². The molecular formula is C30H34IN3O5S2. The molecule has 3 fully saturated rings. The first-order chi connectivity index (χ1) is 19.7. The summed E-state index contributed by atoms with van der Waals surface area (Å²) >= 11 is 4.62. The quantitative estimate of drug-likeness (QED) is 0.108. The highest BCUT2D eigenvalue weighted by atomic mass is 127. The number of rotatable bonds is 7. The van der Waals surface area contributed by atoms with Crippen LogP contribution in [0.1, 0.15) is 96.6 Å². The van der Waals surface area contributed by atoms with Crippen LogP contribution >= 0.6 is 46.0 Å². The molecule has 0 spiro atoms. The summed E-state index contributed by atoms with van der Waals surface area (Å²) in [6, 6.07) is 4.99. The van der Waals surface area contributed by atoms with Gasteiger partial charge in [-0.15, -0.1) is 23.1 Å². The summed E-state index contributed by atoms with van der Waals surface area (Å²) in [4.78, 5) is 58.3. The first-order valence-electron chi connectivity index (χ1n) is 14.4. The number of carbonyl (C=O) groups is 4. The number of thiazole rings is 1. The van der Waals surface area contributed by atoms with Crippen LogP contribution in [0, 0.1) is 17.8 Å². The van der Waals surface area contributed by atoms with Crippen molar-refractivity contribution in [2.45, 2.75) is 94.1 Å². The number of esters is 1. The van der Waals surface area contributed by atoms with Crippen molar-refractivity contribution in [2.24, 2.45) is 17.8 Å². The zero-order valence-corrected chi connectivity index (χ0v) is 27.1. The van der Waals surface area contributed by atoms with Crippen molar-refractivity contribution in [1.29, 1.82) is 0 Å². The monoisotopic (exact) mass is 707 g/mol. The third kappa shape index (κ3) is 5.70. The van der Waals surface area contributed by atoms with Crippen molar-refractivity contribution in [2.75, 3.05) is 0 Å². The summed E-state index contributed by atoms with van der Waals surface area (Å²) in [6.07, 6.45) is 7.06. The smallest absolute Gasteiger partial charge is 0.367 e. The summed E-state index contributed by atoms with van der Waals surface area (Å²) in [6.45, 7) is 4.81. The second kappa shape index (κ2) is 11.6. The van der Waals surface area contributed by atoms with Crippen molar-refractivity contribution in [3.05, 3.63) is 45.4 Å². The molecule has 11 heteroatoms. The van der Waals surface area contributed by atoms with Gasteiger partial charge in [-0.3, -0.25) is 14.4 Å². The molecule has 218 valence electrons. The average molecular weight is 708 g/mol. The van der Waals surface area contributed by atoms with Gasteiger partial charge >= 0.3 is 5.97 Å². The number of carbonyl (C=O) groups excluding carboxylic acids is 4. The van der Waals surface area contributed by atoms with Crippen LogP contribution in [0.3, 0.4) is 0 Å². The highest BCUT2D eigenvalue weighted by Crippen LogP contribution is 2.49. The third-order valence-electron chi connectivity index (χ3n) is 9.17. The molecule has 0 N–H and O–H groups in total. The maximum absolute atomic E-state index is 13.2. The Hall–Kier alpha value is -1.99. The number of benzene rings is 1. The van der Waals surface area contributed by atoms with Crippen molar-refractivity contribution in [1.82, 2.24) is 13.0 Å². The molecule has 8 nitrogen and oxygen atoms in total. The summed E-state index contributed by atoms with van der Waals surface area (Å²) in [5.41, 5.74) is 1.91. The van der Waals surface area contributed by atoms with Gasteiger partial charge in [-0.1, -0.05) is 19.9 Å². The van der Waals surface area contributed by atoms with E-state index in [2.05, 4.69) is 18.8 Å². The molecule has 2 saturated carbocycles. The molecule has 1 saturated heterocycles. The maximum atomic E-state index is 13.2. The molecule has 2 aromatic rings. The second-order valence-corrected chi connectivity index (χ2v) is 14.9. The molecule has 1 aromatic carbocycles. The number of fused-ring (bicyclic) bond motifs is 3. The molecule has 2 aliphatic heterocycles. The summed E-state index contributed by atoms with van der Waals surface area (Å²) < 4.78 is 7.34. The molecule has 1 aromatic heterocycles. The van der Waals surface area contributed by atoms with Gasteiger partial charge in [0.05, 0.1) is 28.6 Å². The minimum atomic E-state index is -0.631. The first-order valence-corrected chi connectivity index (χ1v) is 17.3. The maximum Gasteiger partial charge on any atom is 0.367 e. The number of imide groups is 1. The van der Waals surface area contributed by atoms with Crippen LogP contribution in [-0.2, 0) is 26.6 Å². The summed E-state index contributed by atoms with van der Waals surface area (Å²) in [5.74, 6) is 1.54. The third-order valence-corrected chi connectivity index (χ3v) is 12.2. The number of ether oxygens (including phenoxy) is 1. The van der Waals surface area contributed by atoms with Gasteiger partial charge in [0.15, 0.2) is 0 Å². The number of amides is 3. The number of thioether (sulfide) groups is 1. The minimum Gasteiger partial charge on any atom is -0.454 e. The van der Waals surface area contributed by atoms with Gasteiger partial charge in [-0.25, -0.2) is 12.9 Å². The van der Waals surface area contributed by atoms with Crippen LogP contribution in [0.2, 0.25) is 0 Å². The normalized spacial score (nSPS) is 29.6. The zero-order valence-electron chi connectivity index (χ0n) is 23.3. The molecule has 3 atom stereocenters. The Bertz CT molecular complexity index is 1380. The van der Waals surface area contributed by atoms with E-state index in [4.69, 9.17) is 4.74 Å². The molecule has 4 aliphatic rings. The molecule has 3 amide bonds. The summed E-state index contributed by atoms with van der Waals surface area (Å²) in [7, 11) is 0. The molecular weight excluding hydrogens is 673 g/mol. The van der Waals surface area contributed by atoms with E-state index >= 15 is 0 Å². The lowest BCUT2D eigenvalue weighted by molar-refractivity contribution is -0.143. The average Bonchev–Trinajstić information content (AvgIpc) is 3.55. The predicted molar refractivity (Wildman–Crippen MR) is 165 cm³/mol. The Morgan fingerprint density at radius 3 is 2.68 bits per heavy atom. The van der Waals surface area contributed by atoms with Crippen molar-refractivity contribution in [3.63, 3.8) is 0 Å². The van der Waals surface area contributed by atoms with E-state index in [-0.39, 0.29) is 35.7 Å². The van der Waals surface area contributed by atoms with Crippen molar-refractivity contribution < 1.29 is 23.9 Å². The van der Waals surface area contributed by atoms with Crippen LogP contribution in [0.4, 0.5) is 0 Å². The van der Waals surface area contributed by atoms with Crippen LogP contribution in [0.15, 0.2) is 28.5 Å². The molecule has 3 heterocycles. The SMILES string of the molecule is CCC1(OC(=O)c2nc(CSc3cccc4c3CN(C3CCC(=O)N(I)C3=O)C4=O)cs2)CC2CC(C)CC(C2)C1. The van der Waals surface area contributed by atoms with Gasteiger partial charge < -0.3 is 9.64 Å². The standard InChI is InChI=1S/C30H34IN3O5S2/c1-3-30(12-18-9-17(2)10-19(11-18)13-30)39-29(38)26-32-20(16-41-26)15-40-24-6-4-5-21-22(24)14-33(27(21)36)23-7-8-25(35)34(31)28(23)37/h4-6,16-19,23H,3,7-15H2,1-2H3. The Morgan fingerprint density at radius 2 is 1.95 bits per heavy atom. The lowest BCUT2D eigenvalue weighted by Gasteiger charge is -2.47. The largest absolute Gasteiger partial charge is 0.454 e. The van der Waals surface area contributed by atoms with E-state index < -0.39 is 6.04 Å². The number of nitrogens with zero attached hydrogens (tertiary/aromatic N) is 3. The van der Waals surface area contributed by atoms with Gasteiger partial charge in [-0.2, -0.15) is 0 Å². The van der Waals surface area contributed by atoms with Crippen LogP contribution in [-0.4, -0.2) is 48.3 Å². The molecule has 2 aliphatic carbocycles. The number of hydrogen-bond donors (Lipinski definition) is 0. The Kier molecular flexibility index (Phi) is 8.23. The highest BCUT2D eigenvalue weighted by molar-refractivity contribution is 14.1. The molecule has 41 heavy (non-hydrogen) atoms. The summed E-state index contributed by atoms with van der Waals surface area (Å²) in [5, 5.41) is 2.30. The van der Waals surface area contributed by atoms with Crippen molar-refractivity contribution >= 4 is 69.7 Å². The van der Waals surface area contributed by atoms with Gasteiger partial charge in [0.1, 0.15) is 11.6 Å². The topological polar surface area (TPSA) is 96.9 Å². The van der Waals surface area contributed by atoms with Crippen molar-refractivity contribution in [3.8, 4) is 0 Å². The van der Waals surface area contributed by atoms with Gasteiger partial charge in [0, 0.05) is 34.6 Å². The van der Waals surface area contributed by atoms with E-state index in [1.54, 1.807) is 45.6 Å². The molecule has 0 radical (unpaired) electrons. The Balaban J connectivity index is 1.10. The Labute approximate surface area is 262 Å². The number of piperidine rings is 1. The van der Waals surface area contributed by atoms with Gasteiger partial charge in [-0.05, 0) is 80.4 Å². The van der Waals surface area contributed by atoms with E-state index in [9.17, 15) is 19.2 Å². The predicted octanol–water partition coefficient (Wildman–Crippen LogP) is 6.41. The zero-order chi connectivity index (χ0) is 28.9. The minimum absolute atomic E-state index is 0.176. The molecule has 3 unspecified atom stereocenters. The van der Waals surface area contributed by atoms with Gasteiger partial charge in [0.25, 0.3) is 11.8 Å². The second-order valence-electron chi connectivity index (χ2n) is 12.1. The fourth-order valence-corrected chi connectivity index (χ4v) is 9.74. The Morgan fingerprint density at radius 1 is 1.20 bits per heavy atom. The van der Waals surface area contributed by atoms with Crippen LogP contribution in [0.25, 0.3) is 0 Å². The lowest BCUT2D eigenvalue weighted by Crippen LogP contribution is -2.51. The fourth-order valence-electron chi connectivity index (χ4n) is 7.41. The lowest BCUT2D eigenvalue weighted by atomic mass is 9.62.